The highest BCUT2D eigenvalue weighted by Gasteiger charge is 2.17. The maximum atomic E-state index is 13.5. The van der Waals surface area contributed by atoms with Gasteiger partial charge in [-0.2, -0.15) is 0 Å². The van der Waals surface area contributed by atoms with Crippen LogP contribution in [0.2, 0.25) is 5.02 Å². The molecule has 1 aromatic rings. The van der Waals surface area contributed by atoms with Crippen LogP contribution in [-0.4, -0.2) is 30.1 Å². The first-order valence-corrected chi connectivity index (χ1v) is 6.47. The van der Waals surface area contributed by atoms with Crippen LogP contribution in [0.3, 0.4) is 0 Å². The molecule has 0 spiro atoms. The number of hydrogen-bond acceptors (Lipinski definition) is 3. The molecule has 1 unspecified atom stereocenters. The number of nitrogens with one attached hydrogen (secondary N) is 2. The van der Waals surface area contributed by atoms with Gasteiger partial charge in [-0.3, -0.25) is 9.59 Å². The Labute approximate surface area is 121 Å². The number of anilines is 1. The summed E-state index contributed by atoms with van der Waals surface area (Å²) in [4.78, 5) is 23.1. The summed E-state index contributed by atoms with van der Waals surface area (Å²) in [6, 6.07) is 4.10. The SMILES string of the molecule is CC(CCO)CNC(=O)C(=O)Nc1cccc(Cl)c1F. The summed E-state index contributed by atoms with van der Waals surface area (Å²) >= 11 is 5.56. The van der Waals surface area contributed by atoms with E-state index in [1.54, 1.807) is 0 Å². The Balaban J connectivity index is 2.54. The van der Waals surface area contributed by atoms with Gasteiger partial charge in [0, 0.05) is 13.2 Å². The zero-order valence-corrected chi connectivity index (χ0v) is 11.7. The van der Waals surface area contributed by atoms with E-state index in [1.165, 1.54) is 18.2 Å². The Hall–Kier alpha value is -1.66. The maximum absolute atomic E-state index is 13.5. The Bertz CT molecular complexity index is 497. The molecule has 3 N–H and O–H groups in total. The van der Waals surface area contributed by atoms with Crippen molar-refractivity contribution in [2.45, 2.75) is 13.3 Å². The second kappa shape index (κ2) is 7.81. The van der Waals surface area contributed by atoms with E-state index in [4.69, 9.17) is 16.7 Å². The number of carbonyl (C=O) groups is 2. The fourth-order valence-corrected chi connectivity index (χ4v) is 1.62. The minimum absolute atomic E-state index is 0.0109. The molecule has 0 aromatic heterocycles. The van der Waals surface area contributed by atoms with Gasteiger partial charge in [0.2, 0.25) is 0 Å². The zero-order valence-electron chi connectivity index (χ0n) is 11.0. The second-order valence-electron chi connectivity index (χ2n) is 4.38. The van der Waals surface area contributed by atoms with E-state index in [9.17, 15) is 14.0 Å². The summed E-state index contributed by atoms with van der Waals surface area (Å²) in [5.74, 6) is -2.58. The van der Waals surface area contributed by atoms with Gasteiger partial charge < -0.3 is 15.7 Å². The van der Waals surface area contributed by atoms with Gasteiger partial charge in [0.25, 0.3) is 0 Å². The highest BCUT2D eigenvalue weighted by molar-refractivity contribution is 6.39. The first-order chi connectivity index (χ1) is 9.45. The number of carbonyl (C=O) groups excluding carboxylic acids is 2. The third-order valence-electron chi connectivity index (χ3n) is 2.64. The Morgan fingerprint density at radius 2 is 2.10 bits per heavy atom. The quantitative estimate of drug-likeness (QED) is 0.722. The van der Waals surface area contributed by atoms with Crippen LogP contribution >= 0.6 is 11.6 Å². The van der Waals surface area contributed by atoms with Crippen LogP contribution in [0.1, 0.15) is 13.3 Å². The molecule has 7 heteroatoms. The summed E-state index contributed by atoms with van der Waals surface area (Å²) in [6.45, 7) is 2.09. The van der Waals surface area contributed by atoms with Gasteiger partial charge in [-0.05, 0) is 24.5 Å². The number of aliphatic hydroxyl groups excluding tert-OH is 1. The van der Waals surface area contributed by atoms with Crippen LogP contribution in [0.15, 0.2) is 18.2 Å². The Morgan fingerprint density at radius 3 is 2.75 bits per heavy atom. The molecule has 0 saturated heterocycles. The van der Waals surface area contributed by atoms with Crippen molar-refractivity contribution in [1.29, 1.82) is 0 Å². The molecule has 0 heterocycles. The zero-order chi connectivity index (χ0) is 15.1. The molecule has 1 aromatic carbocycles. The molecule has 0 bridgehead atoms. The first kappa shape index (κ1) is 16.4. The van der Waals surface area contributed by atoms with E-state index < -0.39 is 17.6 Å². The minimum Gasteiger partial charge on any atom is -0.396 e. The standard InChI is InChI=1S/C13H16ClFN2O3/c1-8(5-6-18)7-16-12(19)13(20)17-10-4-2-3-9(14)11(10)15/h2-4,8,18H,5-7H2,1H3,(H,16,19)(H,17,20). The summed E-state index contributed by atoms with van der Waals surface area (Å²) in [5.41, 5.74) is -0.152. The normalized spacial score (nSPS) is 11.8. The lowest BCUT2D eigenvalue weighted by atomic mass is 10.1. The van der Waals surface area contributed by atoms with Gasteiger partial charge in [-0.1, -0.05) is 24.6 Å². The third-order valence-corrected chi connectivity index (χ3v) is 2.93. The van der Waals surface area contributed by atoms with Crippen LogP contribution in [0, 0.1) is 11.7 Å². The number of halogens is 2. The second-order valence-corrected chi connectivity index (χ2v) is 4.79. The largest absolute Gasteiger partial charge is 0.396 e. The van der Waals surface area contributed by atoms with E-state index in [2.05, 4.69) is 10.6 Å². The molecule has 5 nitrogen and oxygen atoms in total. The number of amides is 2. The molecule has 2 amide bonds. The molecule has 1 atom stereocenters. The Morgan fingerprint density at radius 1 is 1.40 bits per heavy atom. The van der Waals surface area contributed by atoms with Crippen molar-refractivity contribution >= 4 is 29.1 Å². The highest BCUT2D eigenvalue weighted by atomic mass is 35.5. The van der Waals surface area contributed by atoms with Gasteiger partial charge in [-0.15, -0.1) is 0 Å². The van der Waals surface area contributed by atoms with E-state index in [-0.39, 0.29) is 29.8 Å². The van der Waals surface area contributed by atoms with Crippen molar-refractivity contribution in [3.8, 4) is 0 Å². The number of benzene rings is 1. The van der Waals surface area contributed by atoms with Crippen LogP contribution in [0.5, 0.6) is 0 Å². The summed E-state index contributed by atoms with van der Waals surface area (Å²) < 4.78 is 13.5. The molecule has 0 saturated carbocycles. The molecule has 0 aliphatic heterocycles. The van der Waals surface area contributed by atoms with Gasteiger partial charge in [0.15, 0.2) is 5.82 Å². The first-order valence-electron chi connectivity index (χ1n) is 6.09. The van der Waals surface area contributed by atoms with Crippen LogP contribution in [0.4, 0.5) is 10.1 Å². The van der Waals surface area contributed by atoms with Crippen molar-refractivity contribution in [2.75, 3.05) is 18.5 Å². The van der Waals surface area contributed by atoms with Crippen molar-refractivity contribution in [1.82, 2.24) is 5.32 Å². The van der Waals surface area contributed by atoms with Crippen LogP contribution < -0.4 is 10.6 Å². The summed E-state index contributed by atoms with van der Waals surface area (Å²) in [7, 11) is 0. The number of aliphatic hydroxyl groups is 1. The van der Waals surface area contributed by atoms with Crippen molar-refractivity contribution in [3.63, 3.8) is 0 Å². The molecule has 20 heavy (non-hydrogen) atoms. The number of hydrogen-bond donors (Lipinski definition) is 3. The summed E-state index contributed by atoms with van der Waals surface area (Å²) in [6.07, 6.45) is 0.519. The lowest BCUT2D eigenvalue weighted by Crippen LogP contribution is -2.38. The molecule has 1 rings (SSSR count). The monoisotopic (exact) mass is 302 g/mol. The smallest absolute Gasteiger partial charge is 0.313 e. The minimum atomic E-state index is -0.970. The van der Waals surface area contributed by atoms with Crippen molar-refractivity contribution < 1.29 is 19.1 Å². The van der Waals surface area contributed by atoms with Crippen LogP contribution in [-0.2, 0) is 9.59 Å². The van der Waals surface area contributed by atoms with E-state index in [0.29, 0.717) is 6.42 Å². The van der Waals surface area contributed by atoms with Gasteiger partial charge in [0.1, 0.15) is 0 Å². The average Bonchev–Trinajstić information content (AvgIpc) is 2.41. The highest BCUT2D eigenvalue weighted by Crippen LogP contribution is 2.21. The lowest BCUT2D eigenvalue weighted by molar-refractivity contribution is -0.136. The van der Waals surface area contributed by atoms with E-state index >= 15 is 0 Å². The van der Waals surface area contributed by atoms with Gasteiger partial charge in [-0.25, -0.2) is 4.39 Å². The van der Waals surface area contributed by atoms with Crippen LogP contribution in [0.25, 0.3) is 0 Å². The summed E-state index contributed by atoms with van der Waals surface area (Å²) in [5, 5.41) is 13.1. The van der Waals surface area contributed by atoms with Crippen molar-refractivity contribution in [3.05, 3.63) is 29.0 Å². The molecule has 0 fully saturated rings. The van der Waals surface area contributed by atoms with Crippen molar-refractivity contribution in [2.24, 2.45) is 5.92 Å². The maximum Gasteiger partial charge on any atom is 0.313 e. The third kappa shape index (κ3) is 4.79. The fraction of sp³-hybridized carbons (Fsp3) is 0.385. The molecular weight excluding hydrogens is 287 g/mol. The molecule has 110 valence electrons. The molecule has 0 aliphatic rings. The molecular formula is C13H16ClFN2O3. The fourth-order valence-electron chi connectivity index (χ4n) is 1.45. The lowest BCUT2D eigenvalue weighted by Gasteiger charge is -2.11. The molecule has 0 aliphatic carbocycles. The predicted octanol–water partition coefficient (Wildman–Crippen LogP) is 1.55. The predicted molar refractivity (Wildman–Crippen MR) is 73.9 cm³/mol. The van der Waals surface area contributed by atoms with Gasteiger partial charge >= 0.3 is 11.8 Å². The Kier molecular flexibility index (Phi) is 6.41. The topological polar surface area (TPSA) is 78.4 Å². The van der Waals surface area contributed by atoms with Gasteiger partial charge in [0.05, 0.1) is 10.7 Å². The average molecular weight is 303 g/mol. The van der Waals surface area contributed by atoms with E-state index in [1.807, 2.05) is 6.92 Å². The molecule has 0 radical (unpaired) electrons. The number of rotatable bonds is 5. The van der Waals surface area contributed by atoms with E-state index in [0.717, 1.165) is 0 Å².